The third-order valence-corrected chi connectivity index (χ3v) is 2.13. The second kappa shape index (κ2) is 25.9. The standard InChI is InChI=1S/C8H10.C6H11N3O3.C3H8.C2H4O2.CH3.Sb/c1-7-4-3-5-8(2)6-7;1-4(10)8-3-6(12)9-2-5(7)11;1-3-2;1-2(3)4;;/h3-6H,1-2H3;2-3H2,1H3,(H2,7,11)(H,8,10)(H,9,12);3H2,1-2H3;1H3,(H,3,4);1H3;. The Balaban J connectivity index is -0.000000158. The van der Waals surface area contributed by atoms with Gasteiger partial charge in [0, 0.05) is 13.8 Å². The SMILES string of the molecule is CC(=O)NCC(=O)NCC(N)=O.CC(=O)O.CCC.Cc1cccc(C)c1.[CH3][Sb]. The average Bonchev–Trinajstić information content (AvgIpc) is 2.60. The normalized spacial score (nSPS) is 7.86. The summed E-state index contributed by atoms with van der Waals surface area (Å²) < 4.78 is 0. The summed E-state index contributed by atoms with van der Waals surface area (Å²) in [6, 6.07) is 8.45. The van der Waals surface area contributed by atoms with Gasteiger partial charge in [-0.05, 0) is 13.8 Å². The van der Waals surface area contributed by atoms with E-state index in [1.54, 1.807) is 23.0 Å². The molecule has 1 aromatic rings. The molecule has 9 heteroatoms. The summed E-state index contributed by atoms with van der Waals surface area (Å²) in [4.78, 5) is 42.2. The van der Waals surface area contributed by atoms with Crippen molar-refractivity contribution in [2.24, 2.45) is 5.73 Å². The number of carboxylic acids is 1. The zero-order valence-electron chi connectivity index (χ0n) is 18.5. The quantitative estimate of drug-likeness (QED) is 0.448. The number of nitrogens with one attached hydrogen (secondary N) is 2. The Morgan fingerprint density at radius 3 is 1.59 bits per heavy atom. The molecule has 3 amide bonds. The molecule has 0 fully saturated rings. The van der Waals surface area contributed by atoms with Crippen molar-refractivity contribution in [1.82, 2.24) is 10.6 Å². The minimum atomic E-state index is -0.833. The van der Waals surface area contributed by atoms with Crippen molar-refractivity contribution in [3.05, 3.63) is 35.4 Å². The predicted octanol–water partition coefficient (Wildman–Crippen LogP) is 1.74. The fraction of sp³-hybridized carbons (Fsp3) is 0.500. The van der Waals surface area contributed by atoms with Crippen molar-refractivity contribution < 1.29 is 24.3 Å². The predicted molar refractivity (Wildman–Crippen MR) is 118 cm³/mol. The van der Waals surface area contributed by atoms with Gasteiger partial charge in [-0.1, -0.05) is 55.7 Å². The zero-order chi connectivity index (χ0) is 23.8. The molecular weight excluding hydrogens is 484 g/mol. The molecule has 0 atom stereocenters. The first kappa shape index (κ1) is 34.4. The van der Waals surface area contributed by atoms with Gasteiger partial charge in [0.1, 0.15) is 0 Å². The van der Waals surface area contributed by atoms with E-state index in [0.29, 0.717) is 0 Å². The molecule has 0 heterocycles. The molecule has 0 saturated carbocycles. The summed E-state index contributed by atoms with van der Waals surface area (Å²) in [6.07, 6.45) is 1.25. The van der Waals surface area contributed by atoms with E-state index in [2.05, 4.69) is 67.5 Å². The van der Waals surface area contributed by atoms with Crippen LogP contribution in [0.25, 0.3) is 0 Å². The molecule has 0 aliphatic rings. The summed E-state index contributed by atoms with van der Waals surface area (Å²) in [5.41, 5.74) is 7.43. The first-order chi connectivity index (χ1) is 13.5. The van der Waals surface area contributed by atoms with E-state index in [9.17, 15) is 14.4 Å². The number of benzene rings is 1. The van der Waals surface area contributed by atoms with E-state index in [0.717, 1.165) is 6.92 Å². The summed E-state index contributed by atoms with van der Waals surface area (Å²) >= 11 is 1.75. The van der Waals surface area contributed by atoms with Crippen LogP contribution in [0.1, 0.15) is 45.2 Å². The number of rotatable bonds is 4. The van der Waals surface area contributed by atoms with Crippen LogP contribution in [0.15, 0.2) is 24.3 Å². The van der Waals surface area contributed by atoms with Crippen LogP contribution in [-0.2, 0) is 19.2 Å². The van der Waals surface area contributed by atoms with Gasteiger partial charge in [0.2, 0.25) is 17.7 Å². The number of aliphatic carboxylic acids is 1. The van der Waals surface area contributed by atoms with E-state index in [1.165, 1.54) is 24.5 Å². The van der Waals surface area contributed by atoms with Gasteiger partial charge in [-0.25, -0.2) is 0 Å². The van der Waals surface area contributed by atoms with E-state index in [4.69, 9.17) is 15.6 Å². The van der Waals surface area contributed by atoms with Crippen LogP contribution >= 0.6 is 0 Å². The molecule has 0 aromatic heterocycles. The molecule has 29 heavy (non-hydrogen) atoms. The monoisotopic (exact) mass is 519 g/mol. The van der Waals surface area contributed by atoms with E-state index >= 15 is 0 Å². The Morgan fingerprint density at radius 1 is 0.966 bits per heavy atom. The average molecular weight is 520 g/mol. The maximum absolute atomic E-state index is 10.7. The fourth-order valence-electron chi connectivity index (χ4n) is 1.26. The van der Waals surface area contributed by atoms with E-state index < -0.39 is 17.8 Å². The van der Waals surface area contributed by atoms with E-state index in [-0.39, 0.29) is 19.0 Å². The molecule has 8 nitrogen and oxygen atoms in total. The number of aryl methyl sites for hydroxylation is 2. The minimum absolute atomic E-state index is 0.136. The Kier molecular flexibility index (Phi) is 30.8. The topological polar surface area (TPSA) is 139 Å². The summed E-state index contributed by atoms with van der Waals surface area (Å²) in [7, 11) is 0. The Labute approximate surface area is 188 Å². The van der Waals surface area contributed by atoms with Crippen molar-refractivity contribution in [2.45, 2.75) is 52.8 Å². The number of carbonyl (C=O) groups excluding carboxylic acids is 3. The molecule has 5 N–H and O–H groups in total. The summed E-state index contributed by atoms with van der Waals surface area (Å²) in [5, 5.41) is 11.9. The molecule has 0 unspecified atom stereocenters. The molecular formula is C20H36N3O5Sb. The van der Waals surface area contributed by atoms with Crippen LogP contribution in [0, 0.1) is 13.8 Å². The summed E-state index contributed by atoms with van der Waals surface area (Å²) in [6.45, 7) is 10.5. The molecule has 166 valence electrons. The molecule has 0 bridgehead atoms. The van der Waals surface area contributed by atoms with Crippen LogP contribution in [0.4, 0.5) is 0 Å². The van der Waals surface area contributed by atoms with Crippen LogP contribution in [0.5, 0.6) is 0 Å². The number of amides is 3. The van der Waals surface area contributed by atoms with Crippen LogP contribution in [0.2, 0.25) is 4.87 Å². The fourth-order valence-corrected chi connectivity index (χ4v) is 1.26. The molecule has 0 spiro atoms. The number of carboxylic acid groups (broad SMARTS) is 1. The third-order valence-electron chi connectivity index (χ3n) is 2.13. The molecule has 0 saturated heterocycles. The van der Waals surface area contributed by atoms with E-state index in [1.807, 2.05) is 0 Å². The number of primary amides is 1. The van der Waals surface area contributed by atoms with Crippen LogP contribution in [-0.4, -0.2) is 64.9 Å². The second-order valence-electron chi connectivity index (χ2n) is 5.54. The van der Waals surface area contributed by atoms with Crippen molar-refractivity contribution in [3.63, 3.8) is 0 Å². The molecule has 1 rings (SSSR count). The Morgan fingerprint density at radius 2 is 1.34 bits per heavy atom. The first-order valence-corrected chi connectivity index (χ1v) is 11.5. The van der Waals surface area contributed by atoms with Crippen LogP contribution < -0.4 is 16.4 Å². The van der Waals surface area contributed by atoms with Gasteiger partial charge in [-0.3, -0.25) is 19.2 Å². The molecule has 1 aromatic carbocycles. The second-order valence-corrected chi connectivity index (χ2v) is 5.54. The van der Waals surface area contributed by atoms with Gasteiger partial charge in [-0.15, -0.1) is 0 Å². The van der Waals surface area contributed by atoms with Gasteiger partial charge < -0.3 is 21.5 Å². The number of nitrogens with two attached hydrogens (primary N) is 1. The maximum atomic E-state index is 10.7. The van der Waals surface area contributed by atoms with Crippen molar-refractivity contribution in [2.75, 3.05) is 13.1 Å². The number of carbonyl (C=O) groups is 4. The van der Waals surface area contributed by atoms with Crippen LogP contribution in [0.3, 0.4) is 0 Å². The number of hydrogen-bond donors (Lipinski definition) is 4. The molecule has 2 radical (unpaired) electrons. The van der Waals surface area contributed by atoms with Crippen molar-refractivity contribution >= 4 is 46.7 Å². The van der Waals surface area contributed by atoms with Gasteiger partial charge in [-0.2, -0.15) is 0 Å². The number of hydrogen-bond acceptors (Lipinski definition) is 4. The zero-order valence-corrected chi connectivity index (χ0v) is 21.1. The Hall–Kier alpha value is -2.08. The van der Waals surface area contributed by atoms with Crippen molar-refractivity contribution in [1.29, 1.82) is 0 Å². The van der Waals surface area contributed by atoms with Gasteiger partial charge in [0.15, 0.2) is 0 Å². The third kappa shape index (κ3) is 46.2. The van der Waals surface area contributed by atoms with Gasteiger partial charge in [0.05, 0.1) is 13.1 Å². The van der Waals surface area contributed by atoms with Gasteiger partial charge >= 0.3 is 27.9 Å². The molecule has 0 aliphatic heterocycles. The first-order valence-electron chi connectivity index (χ1n) is 8.93. The summed E-state index contributed by atoms with van der Waals surface area (Å²) in [5.74, 6) is -2.19. The van der Waals surface area contributed by atoms with Crippen molar-refractivity contribution in [3.8, 4) is 0 Å². The molecule has 0 aliphatic carbocycles. The Bertz CT molecular complexity index is 540. The van der Waals surface area contributed by atoms with Gasteiger partial charge in [0.25, 0.3) is 5.97 Å².